The lowest BCUT2D eigenvalue weighted by molar-refractivity contribution is 0.481. The van der Waals surface area contributed by atoms with Crippen molar-refractivity contribution in [3.05, 3.63) is 0 Å². The number of thioether (sulfide) groups is 4. The largest absolute Gasteiger partial charge is 0.161 e. The molecule has 0 saturated carbocycles. The summed E-state index contributed by atoms with van der Waals surface area (Å²) in [6, 6.07) is 0. The van der Waals surface area contributed by atoms with Gasteiger partial charge in [-0.05, 0) is 48.2 Å². The van der Waals surface area contributed by atoms with Gasteiger partial charge >= 0.3 is 0 Å². The maximum absolute atomic E-state index is 2.31. The van der Waals surface area contributed by atoms with E-state index in [-0.39, 0.29) is 0 Å². The molecule has 1 unspecified atom stereocenters. The first-order valence-electron chi connectivity index (χ1n) is 9.24. The van der Waals surface area contributed by atoms with Crippen molar-refractivity contribution < 1.29 is 0 Å². The Bertz CT molecular complexity index is 209. The van der Waals surface area contributed by atoms with Crippen LogP contribution in [0.3, 0.4) is 0 Å². The number of hydrogen-bond donors (Lipinski definition) is 0. The lowest BCUT2D eigenvalue weighted by Crippen LogP contribution is -2.07. The van der Waals surface area contributed by atoms with Gasteiger partial charge in [0, 0.05) is 16.6 Å². The van der Waals surface area contributed by atoms with E-state index < -0.39 is 0 Å². The van der Waals surface area contributed by atoms with Crippen molar-refractivity contribution in [1.29, 1.82) is 0 Å². The molecule has 0 N–H and O–H groups in total. The van der Waals surface area contributed by atoms with Crippen LogP contribution in [0.4, 0.5) is 0 Å². The molecule has 0 bridgehead atoms. The molecule has 0 aliphatic carbocycles. The first-order valence-corrected chi connectivity index (χ1v) is 13.9. The van der Waals surface area contributed by atoms with Gasteiger partial charge in [-0.15, -0.1) is 0 Å². The average molecular weight is 381 g/mol. The van der Waals surface area contributed by atoms with Crippen molar-refractivity contribution in [2.45, 2.75) is 64.7 Å². The molecule has 1 aliphatic rings. The first kappa shape index (κ1) is 21.4. The Hall–Kier alpha value is 1.40. The van der Waals surface area contributed by atoms with Gasteiger partial charge in [0.1, 0.15) is 0 Å². The molecule has 0 radical (unpaired) electrons. The predicted molar refractivity (Wildman–Crippen MR) is 115 cm³/mol. The van der Waals surface area contributed by atoms with Crippen LogP contribution in [0.1, 0.15) is 64.7 Å². The Kier molecular flexibility index (Phi) is 16.8. The molecule has 1 aliphatic heterocycles. The van der Waals surface area contributed by atoms with Gasteiger partial charge in [0.2, 0.25) is 0 Å². The Morgan fingerprint density at radius 1 is 0.727 bits per heavy atom. The predicted octanol–water partition coefficient (Wildman–Crippen LogP) is 7.04. The fourth-order valence-electron chi connectivity index (χ4n) is 2.68. The van der Waals surface area contributed by atoms with Crippen LogP contribution in [0.2, 0.25) is 0 Å². The average Bonchev–Trinajstić information content (AvgIpc) is 2.54. The molecular formula is C18H36S4. The second kappa shape index (κ2) is 17.2. The van der Waals surface area contributed by atoms with Crippen LogP contribution in [-0.4, -0.2) is 39.6 Å². The SMILES string of the molecule is CCCCCCCCC1CCSCSCCCSCCSC1. The van der Waals surface area contributed by atoms with Gasteiger partial charge < -0.3 is 0 Å². The standard InChI is InChI=1S/C18H36S4/c1-2-3-4-5-6-7-9-18-10-13-22-17-21-12-8-11-19-14-15-20-16-18/h18H,2-17H2,1H3. The van der Waals surface area contributed by atoms with Crippen LogP contribution in [0.5, 0.6) is 0 Å². The molecule has 1 fully saturated rings. The minimum atomic E-state index is 0.988. The minimum absolute atomic E-state index is 0.988. The molecular weight excluding hydrogens is 344 g/mol. The Morgan fingerprint density at radius 3 is 2.36 bits per heavy atom. The fraction of sp³-hybridized carbons (Fsp3) is 1.00. The molecule has 0 spiro atoms. The smallest absolute Gasteiger partial charge is 0.0392 e. The zero-order chi connectivity index (χ0) is 15.7. The Balaban J connectivity index is 2.13. The highest BCUT2D eigenvalue weighted by molar-refractivity contribution is 8.16. The summed E-state index contributed by atoms with van der Waals surface area (Å²) in [5.41, 5.74) is 0. The summed E-state index contributed by atoms with van der Waals surface area (Å²) >= 11 is 8.73. The summed E-state index contributed by atoms with van der Waals surface area (Å²) in [5.74, 6) is 9.28. The van der Waals surface area contributed by atoms with Gasteiger partial charge in [-0.1, -0.05) is 45.4 Å². The molecule has 0 aromatic carbocycles. The maximum Gasteiger partial charge on any atom is 0.0392 e. The molecule has 1 rings (SSSR count). The lowest BCUT2D eigenvalue weighted by Gasteiger charge is -2.17. The summed E-state index contributed by atoms with van der Waals surface area (Å²) < 4.78 is 0. The van der Waals surface area contributed by atoms with E-state index in [4.69, 9.17) is 0 Å². The van der Waals surface area contributed by atoms with Crippen molar-refractivity contribution in [2.75, 3.05) is 39.6 Å². The normalized spacial score (nSPS) is 23.0. The van der Waals surface area contributed by atoms with Gasteiger partial charge in [-0.3, -0.25) is 0 Å². The van der Waals surface area contributed by atoms with Gasteiger partial charge in [0.15, 0.2) is 0 Å². The second-order valence-corrected chi connectivity index (χ2v) is 11.1. The first-order chi connectivity index (χ1) is 10.9. The van der Waals surface area contributed by atoms with E-state index in [9.17, 15) is 0 Å². The maximum atomic E-state index is 2.31. The number of hydrogen-bond acceptors (Lipinski definition) is 4. The topological polar surface area (TPSA) is 0 Å². The van der Waals surface area contributed by atoms with Crippen molar-refractivity contribution in [3.8, 4) is 0 Å². The Morgan fingerprint density at radius 2 is 1.45 bits per heavy atom. The van der Waals surface area contributed by atoms with E-state index in [1.807, 2.05) is 0 Å². The molecule has 0 nitrogen and oxygen atoms in total. The van der Waals surface area contributed by atoms with Gasteiger partial charge in [0.05, 0.1) is 0 Å². The van der Waals surface area contributed by atoms with Crippen LogP contribution in [-0.2, 0) is 0 Å². The van der Waals surface area contributed by atoms with Gasteiger partial charge in [-0.25, -0.2) is 0 Å². The summed E-state index contributed by atoms with van der Waals surface area (Å²) in [6.45, 7) is 2.31. The number of unbranched alkanes of at least 4 members (excludes halogenated alkanes) is 5. The molecule has 22 heavy (non-hydrogen) atoms. The van der Waals surface area contributed by atoms with E-state index in [1.165, 1.54) is 97.4 Å². The highest BCUT2D eigenvalue weighted by Crippen LogP contribution is 2.24. The molecule has 0 aromatic rings. The molecule has 4 heteroatoms. The van der Waals surface area contributed by atoms with Gasteiger partial charge in [-0.2, -0.15) is 47.0 Å². The molecule has 0 aromatic heterocycles. The summed E-state index contributed by atoms with van der Waals surface area (Å²) in [4.78, 5) is 0. The van der Waals surface area contributed by atoms with Gasteiger partial charge in [0.25, 0.3) is 0 Å². The quantitative estimate of drug-likeness (QED) is 0.434. The number of rotatable bonds is 7. The third kappa shape index (κ3) is 13.8. The van der Waals surface area contributed by atoms with Crippen molar-refractivity contribution in [3.63, 3.8) is 0 Å². The van der Waals surface area contributed by atoms with E-state index in [1.54, 1.807) is 0 Å². The monoisotopic (exact) mass is 380 g/mol. The van der Waals surface area contributed by atoms with Crippen LogP contribution in [0.25, 0.3) is 0 Å². The van der Waals surface area contributed by atoms with Crippen molar-refractivity contribution in [2.24, 2.45) is 5.92 Å². The molecule has 1 heterocycles. The zero-order valence-electron chi connectivity index (χ0n) is 14.5. The van der Waals surface area contributed by atoms with E-state index in [0.29, 0.717) is 0 Å². The highest BCUT2D eigenvalue weighted by atomic mass is 32.2. The van der Waals surface area contributed by atoms with Crippen LogP contribution < -0.4 is 0 Å². The minimum Gasteiger partial charge on any atom is -0.161 e. The van der Waals surface area contributed by atoms with E-state index in [2.05, 4.69) is 54.0 Å². The van der Waals surface area contributed by atoms with Crippen molar-refractivity contribution in [1.82, 2.24) is 0 Å². The van der Waals surface area contributed by atoms with Crippen LogP contribution >= 0.6 is 47.0 Å². The zero-order valence-corrected chi connectivity index (χ0v) is 17.8. The van der Waals surface area contributed by atoms with E-state index in [0.717, 1.165) is 5.92 Å². The Labute approximate surface area is 156 Å². The van der Waals surface area contributed by atoms with Crippen molar-refractivity contribution >= 4 is 47.0 Å². The molecule has 132 valence electrons. The van der Waals surface area contributed by atoms with Crippen LogP contribution in [0.15, 0.2) is 0 Å². The molecule has 0 amide bonds. The summed E-state index contributed by atoms with van der Waals surface area (Å²) in [7, 11) is 0. The molecule has 1 saturated heterocycles. The lowest BCUT2D eigenvalue weighted by atomic mass is 9.99. The second-order valence-electron chi connectivity index (χ2n) is 6.19. The fourth-order valence-corrected chi connectivity index (χ4v) is 7.46. The summed E-state index contributed by atoms with van der Waals surface area (Å²) in [6.07, 6.45) is 13.0. The highest BCUT2D eigenvalue weighted by Gasteiger charge is 2.09. The van der Waals surface area contributed by atoms with E-state index >= 15 is 0 Å². The third-order valence-corrected chi connectivity index (χ3v) is 9.07. The van der Waals surface area contributed by atoms with Crippen LogP contribution in [0, 0.1) is 5.92 Å². The summed E-state index contributed by atoms with van der Waals surface area (Å²) in [5, 5.41) is 1.32. The molecule has 1 atom stereocenters. The third-order valence-electron chi connectivity index (χ3n) is 4.11.